The Morgan fingerprint density at radius 2 is 2.10 bits per heavy atom. The first-order valence-electron chi connectivity index (χ1n) is 6.49. The number of hydrogen-bond acceptors (Lipinski definition) is 4. The molecule has 0 unspecified atom stereocenters. The summed E-state index contributed by atoms with van der Waals surface area (Å²) in [5.41, 5.74) is 1.02. The molecule has 1 aromatic heterocycles. The second-order valence-corrected chi connectivity index (χ2v) is 4.87. The molecule has 0 N–H and O–H groups in total. The molecule has 1 aromatic carbocycles. The first-order chi connectivity index (χ1) is 10.0. The van der Waals surface area contributed by atoms with E-state index in [1.807, 2.05) is 0 Å². The molecule has 5 nitrogen and oxygen atoms in total. The minimum Gasteiger partial charge on any atom is -0.465 e. The largest absolute Gasteiger partial charge is 0.465 e. The number of nitrogens with zero attached hydrogens (tertiary/aromatic N) is 2. The van der Waals surface area contributed by atoms with Crippen LogP contribution in [0.4, 0.5) is 0 Å². The molecule has 0 bridgehead atoms. The van der Waals surface area contributed by atoms with Gasteiger partial charge >= 0.3 is 5.97 Å². The fourth-order valence-electron chi connectivity index (χ4n) is 2.00. The van der Waals surface area contributed by atoms with E-state index >= 15 is 0 Å². The molecule has 0 aliphatic heterocycles. The van der Waals surface area contributed by atoms with Gasteiger partial charge in [-0.15, -0.1) is 0 Å². The molecule has 0 saturated carbocycles. The molecule has 2 rings (SSSR count). The SMILES string of the molecule is CCOC(=O)CN(C)C(=O)c1ccc(Cl)c2ncccc12. The number of pyridine rings is 1. The van der Waals surface area contributed by atoms with Gasteiger partial charge in [-0.3, -0.25) is 14.6 Å². The lowest BCUT2D eigenvalue weighted by Gasteiger charge is -2.17. The summed E-state index contributed by atoms with van der Waals surface area (Å²) in [6.45, 7) is 1.91. The van der Waals surface area contributed by atoms with Gasteiger partial charge < -0.3 is 9.64 Å². The zero-order valence-electron chi connectivity index (χ0n) is 11.8. The predicted molar refractivity (Wildman–Crippen MR) is 80.3 cm³/mol. The quantitative estimate of drug-likeness (QED) is 0.814. The Bertz CT molecular complexity index is 688. The molecule has 0 saturated heterocycles. The summed E-state index contributed by atoms with van der Waals surface area (Å²) in [7, 11) is 1.55. The maximum Gasteiger partial charge on any atom is 0.325 e. The minimum absolute atomic E-state index is 0.100. The molecule has 0 atom stereocenters. The molecule has 0 aliphatic rings. The number of benzene rings is 1. The number of rotatable bonds is 4. The standard InChI is InChI=1S/C15H15ClN2O3/c1-3-21-13(19)9-18(2)15(20)11-6-7-12(16)14-10(11)5-4-8-17-14/h4-8H,3,9H2,1-2H3. The van der Waals surface area contributed by atoms with Crippen molar-refractivity contribution in [1.29, 1.82) is 0 Å². The Morgan fingerprint density at radius 3 is 2.81 bits per heavy atom. The van der Waals surface area contributed by atoms with Crippen LogP contribution in [-0.4, -0.2) is 42.0 Å². The Kier molecular flexibility index (Phi) is 4.75. The molecular weight excluding hydrogens is 292 g/mol. The van der Waals surface area contributed by atoms with E-state index in [4.69, 9.17) is 16.3 Å². The number of esters is 1. The molecule has 1 heterocycles. The average molecular weight is 307 g/mol. The number of amides is 1. The fourth-order valence-corrected chi connectivity index (χ4v) is 2.22. The lowest BCUT2D eigenvalue weighted by Crippen LogP contribution is -2.33. The first-order valence-corrected chi connectivity index (χ1v) is 6.86. The molecule has 0 spiro atoms. The molecule has 2 aromatic rings. The van der Waals surface area contributed by atoms with Gasteiger partial charge in [0.25, 0.3) is 5.91 Å². The van der Waals surface area contributed by atoms with E-state index in [0.29, 0.717) is 21.5 Å². The van der Waals surface area contributed by atoms with Gasteiger partial charge in [0, 0.05) is 24.2 Å². The van der Waals surface area contributed by atoms with Gasteiger partial charge in [0.15, 0.2) is 0 Å². The third-order valence-corrected chi connectivity index (χ3v) is 3.27. The Hall–Kier alpha value is -2.14. The van der Waals surface area contributed by atoms with Crippen molar-refractivity contribution < 1.29 is 14.3 Å². The highest BCUT2D eigenvalue weighted by Gasteiger charge is 2.18. The number of likely N-dealkylation sites (N-methyl/N-ethyl adjacent to an activating group) is 1. The molecule has 0 radical (unpaired) electrons. The van der Waals surface area contributed by atoms with Crippen LogP contribution in [0.5, 0.6) is 0 Å². The van der Waals surface area contributed by atoms with E-state index in [1.54, 1.807) is 44.4 Å². The maximum absolute atomic E-state index is 12.5. The highest BCUT2D eigenvalue weighted by molar-refractivity contribution is 6.35. The molecule has 110 valence electrons. The molecule has 6 heteroatoms. The Balaban J connectivity index is 2.31. The monoisotopic (exact) mass is 306 g/mol. The first kappa shape index (κ1) is 15.3. The van der Waals surface area contributed by atoms with Crippen LogP contribution in [-0.2, 0) is 9.53 Å². The molecule has 0 aliphatic carbocycles. The van der Waals surface area contributed by atoms with E-state index in [-0.39, 0.29) is 19.1 Å². The van der Waals surface area contributed by atoms with Gasteiger partial charge in [-0.05, 0) is 25.1 Å². The topological polar surface area (TPSA) is 59.5 Å². The Labute approximate surface area is 127 Å². The highest BCUT2D eigenvalue weighted by Crippen LogP contribution is 2.25. The second kappa shape index (κ2) is 6.54. The van der Waals surface area contributed by atoms with E-state index in [2.05, 4.69) is 4.98 Å². The third kappa shape index (κ3) is 3.31. The van der Waals surface area contributed by atoms with E-state index in [1.165, 1.54) is 4.90 Å². The molecule has 0 fully saturated rings. The number of carbonyl (C=O) groups is 2. The predicted octanol–water partition coefficient (Wildman–Crippen LogP) is 2.52. The van der Waals surface area contributed by atoms with Crippen LogP contribution in [0.3, 0.4) is 0 Å². The zero-order chi connectivity index (χ0) is 15.4. The van der Waals surface area contributed by atoms with E-state index in [9.17, 15) is 9.59 Å². The summed E-state index contributed by atoms with van der Waals surface area (Å²) in [5, 5.41) is 1.14. The number of ether oxygens (including phenoxy) is 1. The highest BCUT2D eigenvalue weighted by atomic mass is 35.5. The summed E-state index contributed by atoms with van der Waals surface area (Å²) >= 11 is 6.08. The van der Waals surface area contributed by atoms with Crippen molar-refractivity contribution in [3.63, 3.8) is 0 Å². The molecule has 1 amide bonds. The lowest BCUT2D eigenvalue weighted by atomic mass is 10.1. The van der Waals surface area contributed by atoms with Crippen molar-refractivity contribution in [3.05, 3.63) is 41.0 Å². The van der Waals surface area contributed by atoms with Crippen molar-refractivity contribution in [2.24, 2.45) is 0 Å². The van der Waals surface area contributed by atoms with Gasteiger partial charge in [0.05, 0.1) is 17.1 Å². The van der Waals surface area contributed by atoms with Crippen LogP contribution in [0.15, 0.2) is 30.5 Å². The van der Waals surface area contributed by atoms with Crippen LogP contribution in [0, 0.1) is 0 Å². The third-order valence-electron chi connectivity index (χ3n) is 2.97. The van der Waals surface area contributed by atoms with Crippen LogP contribution < -0.4 is 0 Å². The van der Waals surface area contributed by atoms with Crippen LogP contribution >= 0.6 is 11.6 Å². The number of hydrogen-bond donors (Lipinski definition) is 0. The molecule has 21 heavy (non-hydrogen) atoms. The zero-order valence-corrected chi connectivity index (χ0v) is 12.6. The summed E-state index contributed by atoms with van der Waals surface area (Å²) < 4.78 is 4.84. The van der Waals surface area contributed by atoms with Crippen molar-refractivity contribution in [3.8, 4) is 0 Å². The van der Waals surface area contributed by atoms with Gasteiger partial charge in [0.1, 0.15) is 6.54 Å². The van der Waals surface area contributed by atoms with Crippen LogP contribution in [0.1, 0.15) is 17.3 Å². The normalized spacial score (nSPS) is 10.4. The van der Waals surface area contributed by atoms with Crippen molar-refractivity contribution in [1.82, 2.24) is 9.88 Å². The summed E-state index contributed by atoms with van der Waals surface area (Å²) in [6.07, 6.45) is 1.62. The number of aromatic nitrogens is 1. The maximum atomic E-state index is 12.5. The minimum atomic E-state index is -0.440. The van der Waals surface area contributed by atoms with Crippen LogP contribution in [0.2, 0.25) is 5.02 Å². The van der Waals surface area contributed by atoms with Crippen molar-refractivity contribution in [2.45, 2.75) is 6.92 Å². The van der Waals surface area contributed by atoms with Crippen molar-refractivity contribution >= 4 is 34.4 Å². The second-order valence-electron chi connectivity index (χ2n) is 4.46. The lowest BCUT2D eigenvalue weighted by molar-refractivity contribution is -0.143. The summed E-state index contributed by atoms with van der Waals surface area (Å²) in [4.78, 5) is 29.4. The number of halogens is 1. The smallest absolute Gasteiger partial charge is 0.325 e. The van der Waals surface area contributed by atoms with Gasteiger partial charge in [-0.1, -0.05) is 17.7 Å². The van der Waals surface area contributed by atoms with Gasteiger partial charge in [-0.2, -0.15) is 0 Å². The Morgan fingerprint density at radius 1 is 1.33 bits per heavy atom. The summed E-state index contributed by atoms with van der Waals surface area (Å²) in [5.74, 6) is -0.720. The van der Waals surface area contributed by atoms with Gasteiger partial charge in [0.2, 0.25) is 0 Å². The van der Waals surface area contributed by atoms with E-state index in [0.717, 1.165) is 0 Å². The van der Waals surface area contributed by atoms with Gasteiger partial charge in [-0.25, -0.2) is 0 Å². The summed E-state index contributed by atoms with van der Waals surface area (Å²) in [6, 6.07) is 6.78. The van der Waals surface area contributed by atoms with E-state index < -0.39 is 5.97 Å². The number of fused-ring (bicyclic) bond motifs is 1. The number of carbonyl (C=O) groups excluding carboxylic acids is 2. The van der Waals surface area contributed by atoms with Crippen LogP contribution in [0.25, 0.3) is 10.9 Å². The molecular formula is C15H15ClN2O3. The fraction of sp³-hybridized carbons (Fsp3) is 0.267. The average Bonchev–Trinajstić information content (AvgIpc) is 2.47. The van der Waals surface area contributed by atoms with Crippen molar-refractivity contribution in [2.75, 3.05) is 20.2 Å².